The lowest BCUT2D eigenvalue weighted by Gasteiger charge is -2.33. The highest BCUT2D eigenvalue weighted by atomic mass is 19.4. The van der Waals surface area contributed by atoms with Crippen molar-refractivity contribution in [3.05, 3.63) is 47.2 Å². The summed E-state index contributed by atoms with van der Waals surface area (Å²) < 4.78 is 72.5. The van der Waals surface area contributed by atoms with E-state index in [0.29, 0.717) is 40.5 Å². The molecule has 6 rings (SSSR count). The molecule has 43 heavy (non-hydrogen) atoms. The molecule has 14 heteroatoms. The third-order valence-corrected chi connectivity index (χ3v) is 8.67. The molecule has 3 aromatic heterocycles. The van der Waals surface area contributed by atoms with Gasteiger partial charge in [-0.3, -0.25) is 9.59 Å². The number of hydrogen-bond acceptors (Lipinski definition) is 6. The molecule has 3 aromatic rings. The van der Waals surface area contributed by atoms with Crippen molar-refractivity contribution < 1.29 is 36.1 Å². The molecule has 0 aromatic carbocycles. The first kappa shape index (κ1) is 29.5. The second kappa shape index (κ2) is 11.5. The number of fused-ring (bicyclic) bond motifs is 1. The number of amides is 2. The van der Waals surface area contributed by atoms with Crippen LogP contribution in [0.3, 0.4) is 0 Å². The summed E-state index contributed by atoms with van der Waals surface area (Å²) >= 11 is 0. The van der Waals surface area contributed by atoms with E-state index in [1.54, 1.807) is 18.5 Å². The van der Waals surface area contributed by atoms with Crippen molar-refractivity contribution in [2.75, 3.05) is 0 Å². The van der Waals surface area contributed by atoms with Crippen LogP contribution in [0, 0.1) is 17.8 Å². The maximum Gasteiger partial charge on any atom is 0.389 e. The molecule has 2 amide bonds. The van der Waals surface area contributed by atoms with Gasteiger partial charge in [0.1, 0.15) is 11.8 Å². The average molecular weight is 609 g/mol. The van der Waals surface area contributed by atoms with Crippen molar-refractivity contribution in [2.45, 2.75) is 94.8 Å². The molecule has 0 unspecified atom stereocenters. The number of alkyl halides is 5. The number of hydrogen-bond donors (Lipinski definition) is 2. The van der Waals surface area contributed by atoms with Crippen molar-refractivity contribution in [3.8, 4) is 0 Å². The normalized spacial score (nSPS) is 20.6. The first-order valence-electron chi connectivity index (χ1n) is 14.8. The summed E-state index contributed by atoms with van der Waals surface area (Å²) in [5.74, 6) is -3.61. The van der Waals surface area contributed by atoms with Gasteiger partial charge < -0.3 is 15.2 Å². The van der Waals surface area contributed by atoms with Gasteiger partial charge in [0.15, 0.2) is 5.65 Å². The number of imidazole rings is 1. The van der Waals surface area contributed by atoms with Gasteiger partial charge in [0, 0.05) is 19.3 Å². The Labute approximate surface area is 244 Å². The van der Waals surface area contributed by atoms with E-state index in [1.165, 1.54) is 10.8 Å². The van der Waals surface area contributed by atoms with Crippen LogP contribution in [0.15, 0.2) is 29.2 Å². The van der Waals surface area contributed by atoms with Crippen molar-refractivity contribution in [2.24, 2.45) is 17.8 Å². The topological polar surface area (TPSA) is 114 Å². The summed E-state index contributed by atoms with van der Waals surface area (Å²) in [6.45, 7) is 0. The number of nitrogens with zero attached hydrogens (tertiary/aromatic N) is 4. The van der Waals surface area contributed by atoms with Crippen LogP contribution in [-0.2, 0) is 11.2 Å². The number of carbonyl (C=O) groups excluding carboxylic acids is 2. The standard InChI is InChI=1S/C29H33F5N6O3/c30-28(31)8-5-18(6-9-28)26(38-27(42)20-15-43-39-21(20)11-16-1-2-16)22-14-40-23(36-22)12-19(13-35-40)25(17-3-4-17)37-24(41)7-10-29(32,33)34/h12-18,25-26H,1-11H2,(H,37,41)(H,38,42)/t25-,26+/m1/s1. The number of rotatable bonds is 11. The summed E-state index contributed by atoms with van der Waals surface area (Å²) in [4.78, 5) is 30.4. The van der Waals surface area contributed by atoms with Crippen LogP contribution in [0.5, 0.6) is 0 Å². The molecular formula is C29H33F5N6O3. The molecule has 3 heterocycles. The van der Waals surface area contributed by atoms with Crippen molar-refractivity contribution in [1.82, 2.24) is 30.4 Å². The van der Waals surface area contributed by atoms with Crippen LogP contribution in [0.2, 0.25) is 0 Å². The smallest absolute Gasteiger partial charge is 0.364 e. The van der Waals surface area contributed by atoms with Crippen molar-refractivity contribution >= 4 is 17.5 Å². The Balaban J connectivity index is 1.24. The highest BCUT2D eigenvalue weighted by Crippen LogP contribution is 2.43. The molecule has 0 aliphatic heterocycles. The second-order valence-corrected chi connectivity index (χ2v) is 12.2. The fourth-order valence-electron chi connectivity index (χ4n) is 5.87. The van der Waals surface area contributed by atoms with Gasteiger partial charge in [-0.05, 0) is 74.3 Å². The van der Waals surface area contributed by atoms with E-state index >= 15 is 0 Å². The fourth-order valence-corrected chi connectivity index (χ4v) is 5.87. The first-order chi connectivity index (χ1) is 20.4. The summed E-state index contributed by atoms with van der Waals surface area (Å²) in [6, 6.07) is 0.525. The van der Waals surface area contributed by atoms with Gasteiger partial charge in [-0.1, -0.05) is 5.16 Å². The molecular weight excluding hydrogens is 575 g/mol. The van der Waals surface area contributed by atoms with Crippen LogP contribution in [-0.4, -0.2) is 43.7 Å². The zero-order valence-corrected chi connectivity index (χ0v) is 23.4. The SMILES string of the molecule is O=C(CCC(F)(F)F)N[C@@H](c1cnn2cc([C@@H](NC(=O)c3conc3CC3CC3)C3CCC(F)(F)CC3)nc2c1)C1CC1. The molecule has 9 nitrogen and oxygen atoms in total. The number of halogens is 5. The average Bonchev–Trinajstić information content (AvgIpc) is 3.87. The van der Waals surface area contributed by atoms with E-state index in [1.807, 2.05) is 0 Å². The lowest BCUT2D eigenvalue weighted by molar-refractivity contribution is -0.144. The molecule has 232 valence electrons. The highest BCUT2D eigenvalue weighted by molar-refractivity contribution is 5.95. The molecule has 0 bridgehead atoms. The second-order valence-electron chi connectivity index (χ2n) is 12.2. The predicted octanol–water partition coefficient (Wildman–Crippen LogP) is 5.88. The summed E-state index contributed by atoms with van der Waals surface area (Å²) in [6.07, 6.45) is 2.42. The summed E-state index contributed by atoms with van der Waals surface area (Å²) in [5.41, 5.74) is 2.35. The third-order valence-electron chi connectivity index (χ3n) is 8.67. The van der Waals surface area contributed by atoms with Crippen LogP contribution in [0.1, 0.15) is 104 Å². The first-order valence-corrected chi connectivity index (χ1v) is 14.8. The minimum absolute atomic E-state index is 0.0814. The lowest BCUT2D eigenvalue weighted by atomic mass is 9.81. The fraction of sp³-hybridized carbons (Fsp3) is 0.621. The Morgan fingerprint density at radius 2 is 1.77 bits per heavy atom. The molecule has 3 aliphatic carbocycles. The van der Waals surface area contributed by atoms with Gasteiger partial charge in [0.2, 0.25) is 11.8 Å². The Bertz CT molecular complexity index is 1470. The van der Waals surface area contributed by atoms with Gasteiger partial charge in [0.05, 0.1) is 42.3 Å². The molecule has 0 saturated heterocycles. The molecule has 2 atom stereocenters. The Morgan fingerprint density at radius 1 is 1.05 bits per heavy atom. The monoisotopic (exact) mass is 608 g/mol. The minimum Gasteiger partial charge on any atom is -0.364 e. The van der Waals surface area contributed by atoms with Crippen LogP contribution in [0.4, 0.5) is 22.0 Å². The van der Waals surface area contributed by atoms with Crippen LogP contribution in [0.25, 0.3) is 5.65 Å². The third kappa shape index (κ3) is 7.32. The number of aromatic nitrogens is 4. The molecule has 2 N–H and O–H groups in total. The number of nitrogens with one attached hydrogen (secondary N) is 2. The zero-order chi connectivity index (χ0) is 30.4. The molecule has 3 aliphatic rings. The van der Waals surface area contributed by atoms with E-state index < -0.39 is 48.8 Å². The maximum atomic E-state index is 14.0. The van der Waals surface area contributed by atoms with Crippen molar-refractivity contribution in [1.29, 1.82) is 0 Å². The lowest BCUT2D eigenvalue weighted by Crippen LogP contribution is -2.37. The Kier molecular flexibility index (Phi) is 7.88. The predicted molar refractivity (Wildman–Crippen MR) is 142 cm³/mol. The largest absolute Gasteiger partial charge is 0.389 e. The Hall–Kier alpha value is -3.58. The molecule has 0 spiro atoms. The maximum absolute atomic E-state index is 14.0. The van der Waals surface area contributed by atoms with Gasteiger partial charge in [-0.25, -0.2) is 18.3 Å². The molecule has 0 radical (unpaired) electrons. The van der Waals surface area contributed by atoms with E-state index in [2.05, 4.69) is 20.9 Å². The Morgan fingerprint density at radius 3 is 2.44 bits per heavy atom. The molecule has 3 fully saturated rings. The van der Waals surface area contributed by atoms with Gasteiger partial charge in [-0.2, -0.15) is 18.3 Å². The summed E-state index contributed by atoms with van der Waals surface area (Å²) in [5, 5.41) is 14.2. The van der Waals surface area contributed by atoms with Gasteiger partial charge in [-0.15, -0.1) is 0 Å². The van der Waals surface area contributed by atoms with Crippen LogP contribution >= 0.6 is 0 Å². The molecule has 3 saturated carbocycles. The van der Waals surface area contributed by atoms with E-state index in [4.69, 9.17) is 9.51 Å². The van der Waals surface area contributed by atoms with E-state index in [0.717, 1.165) is 25.7 Å². The van der Waals surface area contributed by atoms with Gasteiger partial charge >= 0.3 is 6.18 Å². The quantitative estimate of drug-likeness (QED) is 0.263. The van der Waals surface area contributed by atoms with E-state index in [-0.39, 0.29) is 37.5 Å². The minimum atomic E-state index is -4.42. The van der Waals surface area contributed by atoms with Crippen molar-refractivity contribution in [3.63, 3.8) is 0 Å². The number of carbonyl (C=O) groups is 2. The van der Waals surface area contributed by atoms with Gasteiger partial charge in [0.25, 0.3) is 5.91 Å². The van der Waals surface area contributed by atoms with Crippen LogP contribution < -0.4 is 10.6 Å². The zero-order valence-electron chi connectivity index (χ0n) is 23.4. The highest BCUT2D eigenvalue weighted by Gasteiger charge is 2.40. The summed E-state index contributed by atoms with van der Waals surface area (Å²) in [7, 11) is 0. The van der Waals surface area contributed by atoms with E-state index in [9.17, 15) is 31.5 Å².